The van der Waals surface area contributed by atoms with Crippen molar-refractivity contribution in [1.29, 1.82) is 0 Å². The minimum absolute atomic E-state index is 0.641. The Morgan fingerprint density at radius 2 is 1.75 bits per heavy atom. The highest BCUT2D eigenvalue weighted by Crippen LogP contribution is 2.26. The van der Waals surface area contributed by atoms with E-state index in [4.69, 9.17) is 0 Å². The highest BCUT2D eigenvalue weighted by Gasteiger charge is 2.11. The molecule has 1 saturated carbocycles. The monoisotopic (exact) mass is 226 g/mol. The summed E-state index contributed by atoms with van der Waals surface area (Å²) in [6, 6.07) is 0. The molecule has 1 nitrogen and oxygen atoms in total. The van der Waals surface area contributed by atoms with Crippen LogP contribution < -0.4 is 0 Å². The van der Waals surface area contributed by atoms with Gasteiger partial charge in [-0.3, -0.25) is 3.07 Å². The number of rotatable bonds is 1. The summed E-state index contributed by atoms with van der Waals surface area (Å²) in [5.74, 6) is 0. The van der Waals surface area contributed by atoms with E-state index in [1.54, 1.807) is 0 Å². The molecule has 0 amide bonds. The second kappa shape index (κ2) is 3.54. The van der Waals surface area contributed by atoms with Gasteiger partial charge in [0.2, 0.25) is 0 Å². The molecule has 8 heavy (non-hydrogen) atoms. The van der Waals surface area contributed by atoms with Gasteiger partial charge in [-0.05, 0) is 12.8 Å². The van der Waals surface area contributed by atoms with E-state index in [2.05, 4.69) is 0 Å². The minimum atomic E-state index is -0.664. The second-order valence-corrected chi connectivity index (χ2v) is 4.59. The maximum absolute atomic E-state index is 10.4. The summed E-state index contributed by atoms with van der Waals surface area (Å²) in [6.07, 6.45) is 6.52. The summed E-state index contributed by atoms with van der Waals surface area (Å²) in [5.41, 5.74) is 0. The normalized spacial score (nSPS) is 23.5. The molecule has 0 aromatic heterocycles. The summed E-state index contributed by atoms with van der Waals surface area (Å²) in [7, 11) is 0. The van der Waals surface area contributed by atoms with Crippen LogP contribution >= 0.6 is 21.2 Å². The van der Waals surface area contributed by atoms with E-state index in [1.165, 1.54) is 32.1 Å². The third-order valence-corrected chi connectivity index (χ3v) is 3.63. The van der Waals surface area contributed by atoms with Crippen LogP contribution in [0.5, 0.6) is 0 Å². The van der Waals surface area contributed by atoms with Gasteiger partial charge in [0.05, 0.1) is 0 Å². The molecule has 0 saturated heterocycles. The van der Waals surface area contributed by atoms with Crippen LogP contribution in [0.1, 0.15) is 32.1 Å². The molecule has 1 rings (SSSR count). The fourth-order valence-corrected chi connectivity index (χ4v) is 2.53. The Kier molecular flexibility index (Phi) is 2.94. The predicted molar refractivity (Wildman–Crippen MR) is 41.6 cm³/mol. The first-order chi connectivity index (χ1) is 3.93. The van der Waals surface area contributed by atoms with Gasteiger partial charge in [0, 0.05) is 3.92 Å². The topological polar surface area (TPSA) is 17.1 Å². The zero-order chi connectivity index (χ0) is 5.82. The van der Waals surface area contributed by atoms with E-state index in [9.17, 15) is 3.07 Å². The lowest BCUT2D eigenvalue weighted by molar-refractivity contribution is 0.525. The third-order valence-electron chi connectivity index (χ3n) is 1.66. The Morgan fingerprint density at radius 3 is 2.12 bits per heavy atom. The van der Waals surface area contributed by atoms with E-state index in [1.807, 2.05) is 0 Å². The van der Waals surface area contributed by atoms with Crippen LogP contribution in [0.2, 0.25) is 0 Å². The van der Waals surface area contributed by atoms with Gasteiger partial charge >= 0.3 is 0 Å². The Morgan fingerprint density at radius 1 is 1.12 bits per heavy atom. The van der Waals surface area contributed by atoms with Crippen molar-refractivity contribution in [3.05, 3.63) is 0 Å². The first-order valence-electron chi connectivity index (χ1n) is 3.19. The Hall–Kier alpha value is 0.530. The molecule has 0 heterocycles. The van der Waals surface area contributed by atoms with Gasteiger partial charge in [0.1, 0.15) is 21.2 Å². The van der Waals surface area contributed by atoms with Gasteiger partial charge in [-0.2, -0.15) is 0 Å². The zero-order valence-corrected chi connectivity index (χ0v) is 7.06. The second-order valence-electron chi connectivity index (χ2n) is 2.32. The average Bonchev–Trinajstić information content (AvgIpc) is 1.90. The van der Waals surface area contributed by atoms with Gasteiger partial charge < -0.3 is 0 Å². The molecule has 1 fully saturated rings. The standard InChI is InChI=1S/C6H11IO/c8-7-6-4-2-1-3-5-6/h6H,1-5H2. The molecule has 0 unspecified atom stereocenters. The summed E-state index contributed by atoms with van der Waals surface area (Å²) < 4.78 is 11.0. The molecule has 48 valence electrons. The molecule has 1 aliphatic rings. The van der Waals surface area contributed by atoms with Gasteiger partial charge in [0.25, 0.3) is 0 Å². The maximum atomic E-state index is 10.4. The van der Waals surface area contributed by atoms with E-state index >= 15 is 0 Å². The Bertz CT molecular complexity index is 76.6. The third kappa shape index (κ3) is 1.80. The van der Waals surface area contributed by atoms with Crippen molar-refractivity contribution in [2.75, 3.05) is 0 Å². The Labute approximate surface area is 60.5 Å². The molecular formula is C6H11IO. The molecule has 0 aromatic rings. The van der Waals surface area contributed by atoms with Gasteiger partial charge in [0.15, 0.2) is 0 Å². The first kappa shape index (κ1) is 6.65. The highest BCUT2D eigenvalue weighted by atomic mass is 127. The fourth-order valence-electron chi connectivity index (χ4n) is 1.14. The van der Waals surface area contributed by atoms with E-state index in [-0.39, 0.29) is 0 Å². The summed E-state index contributed by atoms with van der Waals surface area (Å²) in [6.45, 7) is 0. The SMILES string of the molecule is O=IC1CCCCC1. The van der Waals surface area contributed by atoms with Crippen molar-refractivity contribution in [2.24, 2.45) is 0 Å². The van der Waals surface area contributed by atoms with E-state index in [0.29, 0.717) is 3.92 Å². The predicted octanol–water partition coefficient (Wildman–Crippen LogP) is 2.64. The van der Waals surface area contributed by atoms with Crippen molar-refractivity contribution < 1.29 is 3.07 Å². The van der Waals surface area contributed by atoms with Crippen molar-refractivity contribution >= 4 is 21.2 Å². The van der Waals surface area contributed by atoms with Crippen LogP contribution in [0.3, 0.4) is 0 Å². The molecule has 0 atom stereocenters. The maximum Gasteiger partial charge on any atom is 0.147 e. The Balaban J connectivity index is 2.22. The molecular weight excluding hydrogens is 215 g/mol. The van der Waals surface area contributed by atoms with Crippen LogP contribution in [0.15, 0.2) is 0 Å². The molecule has 1 aliphatic carbocycles. The number of halogens is 1. The average molecular weight is 226 g/mol. The van der Waals surface area contributed by atoms with Crippen molar-refractivity contribution in [2.45, 2.75) is 36.0 Å². The van der Waals surface area contributed by atoms with E-state index in [0.717, 1.165) is 0 Å². The smallest absolute Gasteiger partial charge is 0.147 e. The van der Waals surface area contributed by atoms with Crippen LogP contribution in [-0.2, 0) is 3.07 Å². The van der Waals surface area contributed by atoms with E-state index < -0.39 is 21.2 Å². The lowest BCUT2D eigenvalue weighted by Gasteiger charge is -2.13. The van der Waals surface area contributed by atoms with Crippen LogP contribution in [0.4, 0.5) is 0 Å². The molecule has 0 aromatic carbocycles. The van der Waals surface area contributed by atoms with Gasteiger partial charge in [-0.25, -0.2) is 0 Å². The van der Waals surface area contributed by atoms with Crippen molar-refractivity contribution in [1.82, 2.24) is 0 Å². The first-order valence-corrected chi connectivity index (χ1v) is 5.32. The minimum Gasteiger partial charge on any atom is -0.270 e. The summed E-state index contributed by atoms with van der Waals surface area (Å²) >= 11 is -0.664. The number of hydrogen-bond donors (Lipinski definition) is 0. The van der Waals surface area contributed by atoms with Crippen LogP contribution in [0, 0.1) is 0 Å². The largest absolute Gasteiger partial charge is 0.270 e. The molecule has 2 heteroatoms. The lowest BCUT2D eigenvalue weighted by Crippen LogP contribution is -2.03. The van der Waals surface area contributed by atoms with Crippen molar-refractivity contribution in [3.8, 4) is 0 Å². The van der Waals surface area contributed by atoms with Gasteiger partial charge in [-0.15, -0.1) is 0 Å². The molecule has 0 bridgehead atoms. The summed E-state index contributed by atoms with van der Waals surface area (Å²) in [5, 5.41) is 0. The molecule has 0 N–H and O–H groups in total. The van der Waals surface area contributed by atoms with Crippen LogP contribution in [-0.4, -0.2) is 3.92 Å². The zero-order valence-electron chi connectivity index (χ0n) is 4.90. The molecule has 0 radical (unpaired) electrons. The molecule has 0 aliphatic heterocycles. The van der Waals surface area contributed by atoms with Crippen molar-refractivity contribution in [3.63, 3.8) is 0 Å². The quantitative estimate of drug-likeness (QED) is 0.496. The number of hydrogen-bond acceptors (Lipinski definition) is 1. The highest BCUT2D eigenvalue weighted by molar-refractivity contribution is 14.1. The van der Waals surface area contributed by atoms with Crippen LogP contribution in [0.25, 0.3) is 0 Å². The van der Waals surface area contributed by atoms with Gasteiger partial charge in [-0.1, -0.05) is 19.3 Å². The number of alkyl halides is 1. The lowest BCUT2D eigenvalue weighted by atomic mass is 10.0. The summed E-state index contributed by atoms with van der Waals surface area (Å²) in [4.78, 5) is 0. The fraction of sp³-hybridized carbons (Fsp3) is 1.00. The molecule has 0 spiro atoms.